The quantitative estimate of drug-likeness (QED) is 0.813. The van der Waals surface area contributed by atoms with Crippen LogP contribution in [0.25, 0.3) is 0 Å². The second kappa shape index (κ2) is 4.90. The Morgan fingerprint density at radius 2 is 1.76 bits per heavy atom. The monoisotopic (exact) mass is 294 g/mol. The van der Waals surface area contributed by atoms with Crippen LogP contribution in [0.5, 0.6) is 0 Å². The molecule has 6 heteroatoms. The fourth-order valence-corrected chi connectivity index (χ4v) is 2.70. The molecule has 1 atom stereocenters. The minimum atomic E-state index is -1.12. The van der Waals surface area contributed by atoms with Gasteiger partial charge in [-0.1, -0.05) is 23.2 Å². The van der Waals surface area contributed by atoms with Gasteiger partial charge in [0.1, 0.15) is 6.10 Å². The van der Waals surface area contributed by atoms with Crippen molar-refractivity contribution in [2.24, 2.45) is 0 Å². The van der Waals surface area contributed by atoms with Gasteiger partial charge in [0.15, 0.2) is 11.6 Å². The molecule has 0 aliphatic heterocycles. The van der Waals surface area contributed by atoms with Gasteiger partial charge in [0.05, 0.1) is 4.34 Å². The maximum Gasteiger partial charge on any atom is 0.160 e. The Bertz CT molecular complexity index is 556. The van der Waals surface area contributed by atoms with Crippen molar-refractivity contribution in [3.05, 3.63) is 55.7 Å². The van der Waals surface area contributed by atoms with E-state index in [1.54, 1.807) is 12.1 Å². The smallest absolute Gasteiger partial charge is 0.160 e. The minimum Gasteiger partial charge on any atom is -0.383 e. The van der Waals surface area contributed by atoms with Crippen molar-refractivity contribution in [2.75, 3.05) is 0 Å². The largest absolute Gasteiger partial charge is 0.383 e. The summed E-state index contributed by atoms with van der Waals surface area (Å²) in [5.41, 5.74) is 0.115. The third kappa shape index (κ3) is 2.60. The molecule has 17 heavy (non-hydrogen) atoms. The number of rotatable bonds is 2. The van der Waals surface area contributed by atoms with Crippen molar-refractivity contribution in [3.63, 3.8) is 0 Å². The van der Waals surface area contributed by atoms with Gasteiger partial charge in [-0.15, -0.1) is 11.3 Å². The molecule has 1 aromatic heterocycles. The van der Waals surface area contributed by atoms with E-state index < -0.39 is 17.7 Å². The fraction of sp³-hybridized carbons (Fsp3) is 0.0909. The third-order valence-electron chi connectivity index (χ3n) is 2.20. The first kappa shape index (κ1) is 12.8. The average molecular weight is 295 g/mol. The van der Waals surface area contributed by atoms with Crippen LogP contribution in [0.1, 0.15) is 16.5 Å². The summed E-state index contributed by atoms with van der Waals surface area (Å²) in [4.78, 5) is 0.517. The van der Waals surface area contributed by atoms with E-state index in [-0.39, 0.29) is 10.6 Å². The van der Waals surface area contributed by atoms with Gasteiger partial charge in [-0.05, 0) is 24.3 Å². The highest BCUT2D eigenvalue weighted by molar-refractivity contribution is 7.16. The van der Waals surface area contributed by atoms with Gasteiger partial charge in [0.25, 0.3) is 0 Å². The average Bonchev–Trinajstić information content (AvgIpc) is 2.69. The van der Waals surface area contributed by atoms with E-state index >= 15 is 0 Å². The van der Waals surface area contributed by atoms with Crippen LogP contribution in [0.3, 0.4) is 0 Å². The lowest BCUT2D eigenvalue weighted by molar-refractivity contribution is 0.223. The molecule has 0 saturated heterocycles. The summed E-state index contributed by atoms with van der Waals surface area (Å²) in [5, 5.41) is 9.95. The molecule has 0 radical (unpaired) electrons. The SMILES string of the molecule is OC(c1ccc(Cl)s1)c1cc(F)c(F)cc1Cl. The number of hydrogen-bond donors (Lipinski definition) is 1. The Labute approximate surface area is 110 Å². The highest BCUT2D eigenvalue weighted by Crippen LogP contribution is 2.34. The number of thiophene rings is 1. The van der Waals surface area contributed by atoms with Crippen LogP contribution < -0.4 is 0 Å². The molecule has 0 spiro atoms. The van der Waals surface area contributed by atoms with Crippen molar-refractivity contribution in [2.45, 2.75) is 6.10 Å². The Kier molecular flexibility index (Phi) is 3.68. The van der Waals surface area contributed by atoms with Gasteiger partial charge < -0.3 is 5.11 Å². The number of aliphatic hydroxyl groups excluding tert-OH is 1. The zero-order valence-corrected chi connectivity index (χ0v) is 10.6. The summed E-state index contributed by atoms with van der Waals surface area (Å²) in [5.74, 6) is -2.10. The molecule has 0 aliphatic carbocycles. The number of hydrogen-bond acceptors (Lipinski definition) is 2. The molecule has 1 N–H and O–H groups in total. The van der Waals surface area contributed by atoms with Crippen LogP contribution >= 0.6 is 34.5 Å². The molecule has 1 unspecified atom stereocenters. The molecule has 1 nitrogen and oxygen atoms in total. The van der Waals surface area contributed by atoms with E-state index in [0.717, 1.165) is 23.5 Å². The van der Waals surface area contributed by atoms with Crippen LogP contribution in [-0.4, -0.2) is 5.11 Å². The minimum absolute atomic E-state index is 0.0269. The molecule has 0 aliphatic rings. The molecule has 0 amide bonds. The summed E-state index contributed by atoms with van der Waals surface area (Å²) in [6, 6.07) is 4.94. The highest BCUT2D eigenvalue weighted by Gasteiger charge is 2.18. The number of halogens is 4. The molecule has 1 aromatic carbocycles. The van der Waals surface area contributed by atoms with Crippen molar-refractivity contribution >= 4 is 34.5 Å². The van der Waals surface area contributed by atoms with Gasteiger partial charge in [-0.25, -0.2) is 8.78 Å². The Morgan fingerprint density at radius 1 is 1.12 bits per heavy atom. The maximum atomic E-state index is 13.1. The first-order chi connectivity index (χ1) is 7.99. The van der Waals surface area contributed by atoms with E-state index in [9.17, 15) is 13.9 Å². The van der Waals surface area contributed by atoms with Crippen molar-refractivity contribution < 1.29 is 13.9 Å². The molecule has 2 rings (SSSR count). The lowest BCUT2D eigenvalue weighted by Gasteiger charge is -2.11. The molecular weight excluding hydrogens is 289 g/mol. The maximum absolute atomic E-state index is 13.1. The zero-order chi connectivity index (χ0) is 12.6. The molecule has 1 heterocycles. The predicted molar refractivity (Wildman–Crippen MR) is 64.8 cm³/mol. The fourth-order valence-electron chi connectivity index (χ4n) is 1.38. The van der Waals surface area contributed by atoms with E-state index in [1.807, 2.05) is 0 Å². The molecule has 90 valence electrons. The molecular formula is C11H6Cl2F2OS. The molecule has 0 saturated carbocycles. The van der Waals surface area contributed by atoms with Crippen LogP contribution in [0.4, 0.5) is 8.78 Å². The third-order valence-corrected chi connectivity index (χ3v) is 3.81. The number of benzene rings is 1. The zero-order valence-electron chi connectivity index (χ0n) is 8.25. The van der Waals surface area contributed by atoms with Gasteiger partial charge in [-0.3, -0.25) is 0 Å². The van der Waals surface area contributed by atoms with E-state index in [0.29, 0.717) is 9.21 Å². The van der Waals surface area contributed by atoms with Crippen LogP contribution in [-0.2, 0) is 0 Å². The summed E-state index contributed by atoms with van der Waals surface area (Å²) < 4.78 is 26.4. The second-order valence-electron chi connectivity index (χ2n) is 3.33. The summed E-state index contributed by atoms with van der Waals surface area (Å²) in [6.07, 6.45) is -1.12. The van der Waals surface area contributed by atoms with E-state index in [4.69, 9.17) is 23.2 Å². The molecule has 0 fully saturated rings. The molecule has 0 bridgehead atoms. The summed E-state index contributed by atoms with van der Waals surface area (Å²) >= 11 is 12.6. The van der Waals surface area contributed by atoms with Crippen LogP contribution in [0, 0.1) is 11.6 Å². The van der Waals surface area contributed by atoms with E-state index in [1.165, 1.54) is 0 Å². The topological polar surface area (TPSA) is 20.2 Å². The Balaban J connectivity index is 2.43. The number of aliphatic hydroxyl groups is 1. The van der Waals surface area contributed by atoms with Gasteiger partial charge >= 0.3 is 0 Å². The van der Waals surface area contributed by atoms with Crippen LogP contribution in [0.2, 0.25) is 9.36 Å². The first-order valence-corrected chi connectivity index (χ1v) is 6.14. The standard InChI is InChI=1S/C11H6Cl2F2OS/c12-6-4-8(15)7(14)3-5(6)11(16)9-1-2-10(13)17-9/h1-4,11,16H. The highest BCUT2D eigenvalue weighted by atomic mass is 35.5. The van der Waals surface area contributed by atoms with Crippen molar-refractivity contribution in [3.8, 4) is 0 Å². The lowest BCUT2D eigenvalue weighted by Crippen LogP contribution is -2.00. The Morgan fingerprint density at radius 3 is 2.35 bits per heavy atom. The lowest BCUT2D eigenvalue weighted by atomic mass is 10.1. The first-order valence-electron chi connectivity index (χ1n) is 4.57. The van der Waals surface area contributed by atoms with Gasteiger partial charge in [-0.2, -0.15) is 0 Å². The van der Waals surface area contributed by atoms with Gasteiger partial charge in [0, 0.05) is 15.5 Å². The van der Waals surface area contributed by atoms with Crippen molar-refractivity contribution in [1.82, 2.24) is 0 Å². The molecule has 2 aromatic rings. The van der Waals surface area contributed by atoms with Crippen molar-refractivity contribution in [1.29, 1.82) is 0 Å². The van der Waals surface area contributed by atoms with Crippen LogP contribution in [0.15, 0.2) is 24.3 Å². The van der Waals surface area contributed by atoms with Gasteiger partial charge in [0.2, 0.25) is 0 Å². The summed E-state index contributed by atoms with van der Waals surface area (Å²) in [6.45, 7) is 0. The normalized spacial score (nSPS) is 12.8. The Hall–Kier alpha value is -0.680. The predicted octanol–water partition coefficient (Wildman–Crippen LogP) is 4.41. The second-order valence-corrected chi connectivity index (χ2v) is 5.49. The summed E-state index contributed by atoms with van der Waals surface area (Å²) in [7, 11) is 0. The van der Waals surface area contributed by atoms with E-state index in [2.05, 4.69) is 0 Å².